The van der Waals surface area contributed by atoms with Gasteiger partial charge in [0.2, 0.25) is 0 Å². The highest BCUT2D eigenvalue weighted by Crippen LogP contribution is 2.41. The van der Waals surface area contributed by atoms with Gasteiger partial charge in [0, 0.05) is 24.9 Å². The third-order valence-corrected chi connectivity index (χ3v) is 3.18. The number of likely N-dealkylation sites (N-methyl/N-ethyl adjacent to an activating group) is 1. The van der Waals surface area contributed by atoms with Crippen molar-refractivity contribution >= 4 is 0 Å². The molecule has 0 radical (unpaired) electrons. The van der Waals surface area contributed by atoms with Gasteiger partial charge in [0.15, 0.2) is 0 Å². The van der Waals surface area contributed by atoms with E-state index >= 15 is 0 Å². The minimum atomic E-state index is -2.42. The molecule has 0 spiro atoms. The van der Waals surface area contributed by atoms with E-state index < -0.39 is 5.92 Å². The average molecular weight is 202 g/mol. The summed E-state index contributed by atoms with van der Waals surface area (Å²) in [6.45, 7) is 2.86. The van der Waals surface area contributed by atoms with Gasteiger partial charge in [-0.2, -0.15) is 0 Å². The first-order valence-corrected chi connectivity index (χ1v) is 5.00. The summed E-state index contributed by atoms with van der Waals surface area (Å²) >= 11 is 0. The molecule has 1 aliphatic heterocycles. The van der Waals surface area contributed by atoms with Crippen LogP contribution in [0.2, 0.25) is 0 Å². The molecule has 0 aromatic rings. The lowest BCUT2D eigenvalue weighted by atomic mass is 9.87. The second-order valence-corrected chi connectivity index (χ2v) is 4.41. The van der Waals surface area contributed by atoms with Gasteiger partial charge in [0.25, 0.3) is 5.92 Å². The van der Waals surface area contributed by atoms with Crippen LogP contribution >= 0.6 is 0 Å². The van der Waals surface area contributed by atoms with Crippen molar-refractivity contribution in [1.82, 2.24) is 9.80 Å². The Morgan fingerprint density at radius 2 is 2.00 bits per heavy atom. The Balaban J connectivity index is 1.92. The van der Waals surface area contributed by atoms with E-state index in [-0.39, 0.29) is 18.9 Å². The molecule has 0 saturated heterocycles. The molecule has 1 heterocycles. The van der Waals surface area contributed by atoms with Gasteiger partial charge in [0.1, 0.15) is 0 Å². The van der Waals surface area contributed by atoms with E-state index in [9.17, 15) is 8.78 Å². The molecule has 0 N–H and O–H groups in total. The predicted molar refractivity (Wildman–Crippen MR) is 51.0 cm³/mol. The minimum Gasteiger partial charge on any atom is -0.361 e. The lowest BCUT2D eigenvalue weighted by Crippen LogP contribution is -2.53. The molecule has 2 rings (SSSR count). The van der Waals surface area contributed by atoms with Crippen molar-refractivity contribution in [2.75, 3.05) is 13.7 Å². The molecule has 2 aliphatic rings. The number of hydrogen-bond donors (Lipinski definition) is 0. The van der Waals surface area contributed by atoms with E-state index in [2.05, 4.69) is 17.9 Å². The Hall–Kier alpha value is -0.640. The van der Waals surface area contributed by atoms with E-state index in [1.807, 2.05) is 18.1 Å². The van der Waals surface area contributed by atoms with Gasteiger partial charge in [-0.15, -0.1) is 0 Å². The Labute approximate surface area is 83.2 Å². The lowest BCUT2D eigenvalue weighted by molar-refractivity contribution is -0.123. The molecule has 1 fully saturated rings. The first kappa shape index (κ1) is 9.90. The van der Waals surface area contributed by atoms with Gasteiger partial charge in [-0.05, 0) is 20.2 Å². The van der Waals surface area contributed by atoms with Crippen LogP contribution in [-0.4, -0.2) is 41.5 Å². The van der Waals surface area contributed by atoms with Gasteiger partial charge < -0.3 is 4.90 Å². The Morgan fingerprint density at radius 3 is 2.50 bits per heavy atom. The maximum atomic E-state index is 12.7. The predicted octanol–water partition coefficient (Wildman–Crippen LogP) is 1.89. The van der Waals surface area contributed by atoms with Gasteiger partial charge in [0.05, 0.1) is 6.67 Å². The summed E-state index contributed by atoms with van der Waals surface area (Å²) in [5.41, 5.74) is 0. The van der Waals surface area contributed by atoms with Gasteiger partial charge in [-0.25, -0.2) is 8.78 Å². The maximum Gasteiger partial charge on any atom is 0.252 e. The molecule has 1 aliphatic carbocycles. The molecule has 80 valence electrons. The van der Waals surface area contributed by atoms with Crippen LogP contribution in [0.5, 0.6) is 0 Å². The fraction of sp³-hybridized carbons (Fsp3) is 0.800. The number of halogens is 2. The zero-order valence-corrected chi connectivity index (χ0v) is 8.58. The molecule has 0 bridgehead atoms. The first-order valence-electron chi connectivity index (χ1n) is 5.00. The summed E-state index contributed by atoms with van der Waals surface area (Å²) in [7, 11) is 2.01. The highest BCUT2D eigenvalue weighted by Gasteiger charge is 2.47. The molecule has 1 saturated carbocycles. The normalized spacial score (nSPS) is 33.1. The summed E-state index contributed by atoms with van der Waals surface area (Å²) < 4.78 is 25.3. The van der Waals surface area contributed by atoms with E-state index in [4.69, 9.17) is 0 Å². The van der Waals surface area contributed by atoms with Crippen molar-refractivity contribution in [2.24, 2.45) is 0 Å². The third-order valence-electron chi connectivity index (χ3n) is 3.18. The topological polar surface area (TPSA) is 6.48 Å². The molecule has 0 amide bonds. The van der Waals surface area contributed by atoms with Crippen LogP contribution in [-0.2, 0) is 0 Å². The van der Waals surface area contributed by atoms with Gasteiger partial charge in [-0.1, -0.05) is 6.08 Å². The van der Waals surface area contributed by atoms with Crippen LogP contribution in [0.4, 0.5) is 8.78 Å². The summed E-state index contributed by atoms with van der Waals surface area (Å²) in [4.78, 5) is 4.16. The summed E-state index contributed by atoms with van der Waals surface area (Å²) in [5, 5.41) is 0. The number of nitrogens with zero attached hydrogens (tertiary/aromatic N) is 2. The largest absolute Gasteiger partial charge is 0.361 e. The fourth-order valence-corrected chi connectivity index (χ4v) is 1.92. The van der Waals surface area contributed by atoms with Crippen molar-refractivity contribution in [3.63, 3.8) is 0 Å². The van der Waals surface area contributed by atoms with E-state index in [1.165, 1.54) is 0 Å². The molecule has 1 atom stereocenters. The summed E-state index contributed by atoms with van der Waals surface area (Å²) in [6, 6.07) is 0.447. The highest BCUT2D eigenvalue weighted by atomic mass is 19.3. The minimum absolute atomic E-state index is 0.0135. The van der Waals surface area contributed by atoms with Crippen molar-refractivity contribution in [3.8, 4) is 0 Å². The van der Waals surface area contributed by atoms with E-state index in [0.717, 1.165) is 6.67 Å². The number of alkyl halides is 2. The van der Waals surface area contributed by atoms with Crippen LogP contribution in [0.25, 0.3) is 0 Å². The van der Waals surface area contributed by atoms with E-state index in [1.54, 1.807) is 0 Å². The second kappa shape index (κ2) is 3.19. The van der Waals surface area contributed by atoms with Crippen molar-refractivity contribution in [2.45, 2.75) is 37.8 Å². The molecular weight excluding hydrogens is 186 g/mol. The van der Waals surface area contributed by atoms with Crippen molar-refractivity contribution < 1.29 is 8.78 Å². The Bertz CT molecular complexity index is 245. The standard InChI is InChI=1S/C10H16F2N2/c1-8-3-4-14(7-13(8)2)9-5-10(11,12)6-9/h3-4,8-9H,5-7H2,1-2H3. The third kappa shape index (κ3) is 1.75. The van der Waals surface area contributed by atoms with Gasteiger partial charge in [-0.3, -0.25) is 4.90 Å². The molecule has 2 nitrogen and oxygen atoms in total. The summed E-state index contributed by atoms with van der Waals surface area (Å²) in [6.07, 6.45) is 4.05. The lowest BCUT2D eigenvalue weighted by Gasteiger charge is -2.46. The summed E-state index contributed by atoms with van der Waals surface area (Å²) in [5.74, 6) is -2.42. The molecule has 4 heteroatoms. The molecule has 0 aromatic carbocycles. The Morgan fingerprint density at radius 1 is 1.36 bits per heavy atom. The first-order chi connectivity index (χ1) is 6.48. The zero-order chi connectivity index (χ0) is 10.3. The number of hydrogen-bond acceptors (Lipinski definition) is 2. The molecular formula is C10H16F2N2. The van der Waals surface area contributed by atoms with E-state index in [0.29, 0.717) is 6.04 Å². The maximum absolute atomic E-state index is 12.7. The molecule has 0 aromatic heterocycles. The SMILES string of the molecule is CC1C=CN(C2CC(F)(F)C2)CN1C. The quantitative estimate of drug-likeness (QED) is 0.640. The van der Waals surface area contributed by atoms with Crippen LogP contribution < -0.4 is 0 Å². The Kier molecular flexibility index (Phi) is 2.26. The average Bonchev–Trinajstić information content (AvgIpc) is 2.06. The van der Waals surface area contributed by atoms with Crippen LogP contribution in [0, 0.1) is 0 Å². The smallest absolute Gasteiger partial charge is 0.252 e. The number of rotatable bonds is 1. The van der Waals surface area contributed by atoms with Crippen LogP contribution in [0.15, 0.2) is 12.3 Å². The van der Waals surface area contributed by atoms with Crippen molar-refractivity contribution in [3.05, 3.63) is 12.3 Å². The van der Waals surface area contributed by atoms with Gasteiger partial charge >= 0.3 is 0 Å². The molecule has 1 unspecified atom stereocenters. The molecule has 14 heavy (non-hydrogen) atoms. The highest BCUT2D eigenvalue weighted by molar-refractivity contribution is 5.02. The second-order valence-electron chi connectivity index (χ2n) is 4.41. The monoisotopic (exact) mass is 202 g/mol. The van der Waals surface area contributed by atoms with Crippen LogP contribution in [0.3, 0.4) is 0 Å². The fourth-order valence-electron chi connectivity index (χ4n) is 1.92. The zero-order valence-electron chi connectivity index (χ0n) is 8.58. The van der Waals surface area contributed by atoms with Crippen molar-refractivity contribution in [1.29, 1.82) is 0 Å². The van der Waals surface area contributed by atoms with Crippen LogP contribution in [0.1, 0.15) is 19.8 Å².